The molecule has 0 radical (unpaired) electrons. The lowest BCUT2D eigenvalue weighted by Gasteiger charge is -2.31. The highest BCUT2D eigenvalue weighted by molar-refractivity contribution is 5.49. The zero-order valence-corrected chi connectivity index (χ0v) is 9.75. The largest absolute Gasteiger partial charge is 0.454 e. The van der Waals surface area contributed by atoms with Gasteiger partial charge in [-0.25, -0.2) is 0 Å². The maximum atomic E-state index is 6.28. The summed E-state index contributed by atoms with van der Waals surface area (Å²) in [5.74, 6) is 1.70. The Balaban J connectivity index is 2.02. The van der Waals surface area contributed by atoms with E-state index in [1.807, 2.05) is 6.07 Å². The van der Waals surface area contributed by atoms with E-state index >= 15 is 0 Å². The lowest BCUT2D eigenvalue weighted by molar-refractivity contribution is 0.174. The van der Waals surface area contributed by atoms with Crippen LogP contribution in [0.25, 0.3) is 0 Å². The Labute approximate surface area is 95.5 Å². The van der Waals surface area contributed by atoms with Crippen LogP contribution in [0.2, 0.25) is 0 Å². The van der Waals surface area contributed by atoms with Crippen LogP contribution in [0.1, 0.15) is 32.3 Å². The first-order valence-corrected chi connectivity index (χ1v) is 5.72. The molecule has 0 unspecified atom stereocenters. The fourth-order valence-electron chi connectivity index (χ4n) is 2.62. The van der Waals surface area contributed by atoms with Crippen LogP contribution in [0, 0.1) is 0 Å². The summed E-state index contributed by atoms with van der Waals surface area (Å²) in [6.45, 7) is 4.53. The van der Waals surface area contributed by atoms with Crippen LogP contribution in [0.15, 0.2) is 18.2 Å². The Morgan fingerprint density at radius 2 is 1.88 bits per heavy atom. The van der Waals surface area contributed by atoms with Crippen molar-refractivity contribution in [2.75, 3.05) is 6.79 Å². The van der Waals surface area contributed by atoms with E-state index in [9.17, 15) is 0 Å². The molecule has 3 heteroatoms. The number of hydrogen-bond acceptors (Lipinski definition) is 3. The van der Waals surface area contributed by atoms with Gasteiger partial charge in [-0.15, -0.1) is 0 Å². The molecule has 0 atom stereocenters. The Kier molecular flexibility index (Phi) is 1.82. The van der Waals surface area contributed by atoms with E-state index in [0.29, 0.717) is 6.79 Å². The molecule has 3 nitrogen and oxygen atoms in total. The minimum Gasteiger partial charge on any atom is -0.454 e. The van der Waals surface area contributed by atoms with Gasteiger partial charge in [0.05, 0.1) is 0 Å². The molecular formula is C13H17NO2. The monoisotopic (exact) mass is 219 g/mol. The van der Waals surface area contributed by atoms with E-state index in [-0.39, 0.29) is 11.0 Å². The number of benzene rings is 1. The number of fused-ring (bicyclic) bond motifs is 1. The van der Waals surface area contributed by atoms with Crippen LogP contribution < -0.4 is 15.2 Å². The number of hydrogen-bond donors (Lipinski definition) is 1. The minimum atomic E-state index is -0.180. The summed E-state index contributed by atoms with van der Waals surface area (Å²) in [6, 6.07) is 6.20. The summed E-state index contributed by atoms with van der Waals surface area (Å²) < 4.78 is 10.7. The highest BCUT2D eigenvalue weighted by Crippen LogP contribution is 2.55. The summed E-state index contributed by atoms with van der Waals surface area (Å²) in [7, 11) is 0. The Morgan fingerprint density at radius 3 is 2.50 bits per heavy atom. The van der Waals surface area contributed by atoms with Crippen molar-refractivity contribution in [2.45, 2.75) is 37.6 Å². The second-order valence-electron chi connectivity index (χ2n) is 5.37. The normalized spacial score (nSPS) is 20.9. The van der Waals surface area contributed by atoms with Crippen LogP contribution in [0.5, 0.6) is 11.5 Å². The molecule has 1 aromatic carbocycles. The van der Waals surface area contributed by atoms with Crippen LogP contribution in [-0.4, -0.2) is 12.3 Å². The van der Waals surface area contributed by atoms with E-state index in [1.165, 1.54) is 5.56 Å². The van der Waals surface area contributed by atoms with Gasteiger partial charge in [-0.2, -0.15) is 0 Å². The third-order valence-corrected chi connectivity index (χ3v) is 3.91. The van der Waals surface area contributed by atoms with Crippen molar-refractivity contribution in [1.82, 2.24) is 0 Å². The third-order valence-electron chi connectivity index (χ3n) is 3.91. The second-order valence-corrected chi connectivity index (χ2v) is 5.37. The Morgan fingerprint density at radius 1 is 1.19 bits per heavy atom. The number of rotatable bonds is 2. The predicted octanol–water partition coefficient (Wildman–Crippen LogP) is 2.18. The molecule has 1 heterocycles. The van der Waals surface area contributed by atoms with Crippen molar-refractivity contribution >= 4 is 0 Å². The molecule has 1 saturated carbocycles. The zero-order chi connectivity index (χ0) is 11.4. The van der Waals surface area contributed by atoms with E-state index < -0.39 is 0 Å². The standard InChI is InChI=1S/C13H17NO2/c1-12(2,14)13(5-6-13)9-3-4-10-11(7-9)16-8-15-10/h3-4,7H,5-6,8,14H2,1-2H3. The van der Waals surface area contributed by atoms with Crippen molar-refractivity contribution in [3.63, 3.8) is 0 Å². The molecule has 2 aliphatic rings. The van der Waals surface area contributed by atoms with Gasteiger partial charge < -0.3 is 15.2 Å². The molecule has 0 saturated heterocycles. The van der Waals surface area contributed by atoms with E-state index in [1.54, 1.807) is 0 Å². The SMILES string of the molecule is CC(C)(N)C1(c2ccc3c(c2)OCO3)CC1. The van der Waals surface area contributed by atoms with Gasteiger partial charge in [-0.3, -0.25) is 0 Å². The summed E-state index contributed by atoms with van der Waals surface area (Å²) in [4.78, 5) is 0. The highest BCUT2D eigenvalue weighted by atomic mass is 16.7. The fraction of sp³-hybridized carbons (Fsp3) is 0.538. The van der Waals surface area contributed by atoms with E-state index in [2.05, 4.69) is 26.0 Å². The van der Waals surface area contributed by atoms with Crippen LogP contribution >= 0.6 is 0 Å². The zero-order valence-electron chi connectivity index (χ0n) is 9.75. The van der Waals surface area contributed by atoms with Crippen molar-refractivity contribution in [1.29, 1.82) is 0 Å². The summed E-state index contributed by atoms with van der Waals surface area (Å²) in [5.41, 5.74) is 7.52. The number of ether oxygens (including phenoxy) is 2. The molecule has 86 valence electrons. The molecule has 0 aromatic heterocycles. The van der Waals surface area contributed by atoms with Crippen LogP contribution in [0.4, 0.5) is 0 Å². The second kappa shape index (κ2) is 2.92. The molecule has 16 heavy (non-hydrogen) atoms. The molecule has 2 N–H and O–H groups in total. The van der Waals surface area contributed by atoms with Crippen LogP contribution in [-0.2, 0) is 5.41 Å². The first-order valence-electron chi connectivity index (χ1n) is 5.72. The van der Waals surface area contributed by atoms with Gasteiger partial charge in [0.2, 0.25) is 6.79 Å². The van der Waals surface area contributed by atoms with Gasteiger partial charge in [0, 0.05) is 11.0 Å². The van der Waals surface area contributed by atoms with Crippen molar-refractivity contribution in [3.8, 4) is 11.5 Å². The molecule has 1 fully saturated rings. The first-order chi connectivity index (χ1) is 7.53. The van der Waals surface area contributed by atoms with Gasteiger partial charge in [0.25, 0.3) is 0 Å². The summed E-state index contributed by atoms with van der Waals surface area (Å²) >= 11 is 0. The van der Waals surface area contributed by atoms with Gasteiger partial charge in [-0.05, 0) is 44.4 Å². The molecule has 1 aliphatic carbocycles. The molecule has 0 spiro atoms. The summed E-state index contributed by atoms with van der Waals surface area (Å²) in [5, 5.41) is 0. The Hall–Kier alpha value is -1.22. The van der Waals surface area contributed by atoms with Crippen molar-refractivity contribution < 1.29 is 9.47 Å². The predicted molar refractivity (Wildman–Crippen MR) is 61.7 cm³/mol. The number of nitrogens with two attached hydrogens (primary N) is 1. The minimum absolute atomic E-state index is 0.133. The van der Waals surface area contributed by atoms with Crippen molar-refractivity contribution in [2.24, 2.45) is 5.73 Å². The maximum Gasteiger partial charge on any atom is 0.231 e. The average molecular weight is 219 g/mol. The topological polar surface area (TPSA) is 44.5 Å². The molecule has 3 rings (SSSR count). The first kappa shape index (κ1) is 9.97. The molecule has 0 bridgehead atoms. The summed E-state index contributed by atoms with van der Waals surface area (Å²) in [6.07, 6.45) is 2.33. The lowest BCUT2D eigenvalue weighted by atomic mass is 9.79. The highest BCUT2D eigenvalue weighted by Gasteiger charge is 2.53. The van der Waals surface area contributed by atoms with Gasteiger partial charge in [0.1, 0.15) is 0 Å². The van der Waals surface area contributed by atoms with E-state index in [4.69, 9.17) is 15.2 Å². The molecule has 0 amide bonds. The molecular weight excluding hydrogens is 202 g/mol. The van der Waals surface area contributed by atoms with Crippen LogP contribution in [0.3, 0.4) is 0 Å². The molecule has 1 aliphatic heterocycles. The average Bonchev–Trinajstić information content (AvgIpc) is 2.91. The van der Waals surface area contributed by atoms with Gasteiger partial charge in [-0.1, -0.05) is 6.07 Å². The van der Waals surface area contributed by atoms with E-state index in [0.717, 1.165) is 24.3 Å². The fourth-order valence-corrected chi connectivity index (χ4v) is 2.62. The maximum absolute atomic E-state index is 6.28. The molecule has 1 aromatic rings. The smallest absolute Gasteiger partial charge is 0.231 e. The third kappa shape index (κ3) is 1.24. The van der Waals surface area contributed by atoms with Gasteiger partial charge >= 0.3 is 0 Å². The quantitative estimate of drug-likeness (QED) is 0.829. The lowest BCUT2D eigenvalue weighted by Crippen LogP contribution is -2.45. The Bertz CT molecular complexity index is 430. The van der Waals surface area contributed by atoms with Crippen molar-refractivity contribution in [3.05, 3.63) is 23.8 Å². The van der Waals surface area contributed by atoms with Gasteiger partial charge in [0.15, 0.2) is 11.5 Å².